The number of fused-ring (bicyclic) bond motifs is 2. The lowest BCUT2D eigenvalue weighted by Gasteiger charge is -2.32. The van der Waals surface area contributed by atoms with Gasteiger partial charge in [-0.1, -0.05) is 45.8 Å². The number of halogens is 3. The maximum atomic E-state index is 13.4. The molecule has 0 radical (unpaired) electrons. The number of carbonyl (C=O) groups is 2. The van der Waals surface area contributed by atoms with Crippen molar-refractivity contribution in [1.82, 2.24) is 4.72 Å². The van der Waals surface area contributed by atoms with Crippen LogP contribution in [0.2, 0.25) is 0 Å². The Balaban J connectivity index is 0.000000238. The molecule has 1 aliphatic carbocycles. The first-order chi connectivity index (χ1) is 21.3. The van der Waals surface area contributed by atoms with Crippen LogP contribution in [-0.4, -0.2) is 44.7 Å². The topological polar surface area (TPSA) is 117 Å². The van der Waals surface area contributed by atoms with Crippen LogP contribution in [0, 0.1) is 6.92 Å². The Morgan fingerprint density at radius 3 is 2.24 bits per heavy atom. The molecule has 1 N–H and O–H groups in total. The first kappa shape index (κ1) is 32.6. The second kappa shape index (κ2) is 10.9. The van der Waals surface area contributed by atoms with E-state index in [0.29, 0.717) is 22.9 Å². The van der Waals surface area contributed by atoms with E-state index in [-0.39, 0.29) is 34.2 Å². The molecule has 46 heavy (non-hydrogen) atoms. The van der Waals surface area contributed by atoms with Gasteiger partial charge < -0.3 is 18.8 Å². The van der Waals surface area contributed by atoms with Gasteiger partial charge in [0.05, 0.1) is 22.2 Å². The summed E-state index contributed by atoms with van der Waals surface area (Å²) in [5.41, 5.74) is 2.10. The number of ketones is 1. The fourth-order valence-electron chi connectivity index (χ4n) is 5.62. The van der Waals surface area contributed by atoms with Crippen LogP contribution in [0.25, 0.3) is 0 Å². The van der Waals surface area contributed by atoms with Crippen LogP contribution in [0.3, 0.4) is 0 Å². The van der Waals surface area contributed by atoms with Gasteiger partial charge in [0.15, 0.2) is 11.5 Å². The van der Waals surface area contributed by atoms with Crippen molar-refractivity contribution >= 4 is 50.2 Å². The van der Waals surface area contributed by atoms with E-state index >= 15 is 0 Å². The zero-order valence-electron chi connectivity index (χ0n) is 25.7. The molecule has 4 aliphatic rings. The summed E-state index contributed by atoms with van der Waals surface area (Å²) >= 11 is 3.16. The number of Topliss-reactive ketones (excluding diaryl/α,β-unsaturated/α-hetero) is 1. The van der Waals surface area contributed by atoms with Crippen molar-refractivity contribution in [3.8, 4) is 11.5 Å². The first-order valence-electron chi connectivity index (χ1n) is 14.6. The molecule has 242 valence electrons. The monoisotopic (exact) mass is 717 g/mol. The number of rotatable bonds is 5. The smallest absolute Gasteiger partial charge is 0.399 e. The van der Waals surface area contributed by atoms with Gasteiger partial charge in [0.1, 0.15) is 10.7 Å². The van der Waals surface area contributed by atoms with E-state index in [2.05, 4.69) is 25.4 Å². The predicted molar refractivity (Wildman–Crippen MR) is 168 cm³/mol. The van der Waals surface area contributed by atoms with Crippen molar-refractivity contribution in [2.45, 2.75) is 81.7 Å². The molecule has 0 bridgehead atoms. The molecule has 0 spiro atoms. The molecule has 7 rings (SSSR count). The number of hydrogen-bond donors (Lipinski definition) is 1. The average Bonchev–Trinajstić information content (AvgIpc) is 3.59. The molecule has 3 aromatic rings. The van der Waals surface area contributed by atoms with Gasteiger partial charge in [0, 0.05) is 10.9 Å². The van der Waals surface area contributed by atoms with Gasteiger partial charge >= 0.3 is 13.4 Å². The third-order valence-corrected chi connectivity index (χ3v) is 11.0. The van der Waals surface area contributed by atoms with Crippen molar-refractivity contribution < 1.29 is 45.6 Å². The van der Waals surface area contributed by atoms with Crippen molar-refractivity contribution in [1.29, 1.82) is 0 Å². The quantitative estimate of drug-likeness (QED) is 0.352. The van der Waals surface area contributed by atoms with E-state index < -0.39 is 46.0 Å². The molecule has 3 heterocycles. The highest BCUT2D eigenvalue weighted by Gasteiger charge is 2.53. The molecule has 0 aromatic heterocycles. The Hall–Kier alpha value is -3.33. The number of amides is 1. The lowest BCUT2D eigenvalue weighted by atomic mass is 9.75. The molecule has 3 aliphatic heterocycles. The van der Waals surface area contributed by atoms with E-state index in [9.17, 15) is 26.8 Å². The Bertz CT molecular complexity index is 1880. The molecule has 1 saturated carbocycles. The zero-order valence-corrected chi connectivity index (χ0v) is 28.1. The molecule has 14 heteroatoms. The average molecular weight is 718 g/mol. The van der Waals surface area contributed by atoms with Crippen LogP contribution in [-0.2, 0) is 36.0 Å². The third kappa shape index (κ3) is 5.84. The fraction of sp³-hybridized carbons (Fsp3) is 0.375. The Labute approximate surface area is 274 Å². The highest BCUT2D eigenvalue weighted by Crippen LogP contribution is 2.52. The van der Waals surface area contributed by atoms with E-state index in [0.717, 1.165) is 16.6 Å². The normalized spacial score (nSPS) is 21.6. The molecule has 0 atom stereocenters. The Morgan fingerprint density at radius 1 is 0.935 bits per heavy atom. The molecule has 1 saturated heterocycles. The van der Waals surface area contributed by atoms with Crippen molar-refractivity contribution in [3.63, 3.8) is 0 Å². The lowest BCUT2D eigenvalue weighted by molar-refractivity contribution is -0.286. The van der Waals surface area contributed by atoms with Crippen LogP contribution in [0.1, 0.15) is 67.6 Å². The van der Waals surface area contributed by atoms with E-state index in [4.69, 9.17) is 9.31 Å². The number of nitrogens with one attached hydrogen (secondary N) is 1. The molecular weight excluding hydrogens is 687 g/mol. The summed E-state index contributed by atoms with van der Waals surface area (Å²) in [6.07, 6.45) is -2.08. The standard InChI is InChI=1S/C25H27BF2O5.C7H4BrNO3S/c1-15-6-7-16(12-18(15)26-32-22(2,3)23(4,5)33-26)13-21(29)24(10-11-24)17-8-9-19-20(14-17)31-25(27,28)30-19;8-4-1-2-6-5(3-4)7(10)9-13(6,11)12/h6-9,12,14H,10-11,13H2,1-5H3;1-3H,(H,9,10). The minimum Gasteiger partial charge on any atom is -0.399 e. The minimum absolute atomic E-state index is 0.0161. The van der Waals surface area contributed by atoms with Crippen molar-refractivity contribution in [2.75, 3.05) is 0 Å². The summed E-state index contributed by atoms with van der Waals surface area (Å²) in [7, 11) is -4.10. The maximum Gasteiger partial charge on any atom is 0.586 e. The summed E-state index contributed by atoms with van der Waals surface area (Å²) < 4.78 is 73.3. The van der Waals surface area contributed by atoms with Crippen molar-refractivity contribution in [3.05, 3.63) is 81.3 Å². The van der Waals surface area contributed by atoms with Gasteiger partial charge in [-0.15, -0.1) is 8.78 Å². The van der Waals surface area contributed by atoms with Gasteiger partial charge in [-0.05, 0) is 94.4 Å². The highest BCUT2D eigenvalue weighted by molar-refractivity contribution is 9.10. The fourth-order valence-corrected chi connectivity index (χ4v) is 7.14. The van der Waals surface area contributed by atoms with E-state index in [1.807, 2.05) is 57.5 Å². The van der Waals surface area contributed by atoms with Crippen molar-refractivity contribution in [2.24, 2.45) is 0 Å². The molecule has 0 unspecified atom stereocenters. The van der Waals surface area contributed by atoms with Gasteiger partial charge in [-0.25, -0.2) is 13.1 Å². The van der Waals surface area contributed by atoms with Crippen LogP contribution < -0.4 is 19.7 Å². The van der Waals surface area contributed by atoms with E-state index in [1.165, 1.54) is 24.3 Å². The first-order valence-corrected chi connectivity index (χ1v) is 16.9. The second-order valence-electron chi connectivity index (χ2n) is 12.9. The minimum atomic E-state index is -3.67. The van der Waals surface area contributed by atoms with Gasteiger partial charge in [-0.2, -0.15) is 0 Å². The number of alkyl halides is 2. The number of carbonyl (C=O) groups excluding carboxylic acids is 2. The molecule has 1 amide bonds. The van der Waals surface area contributed by atoms with E-state index in [1.54, 1.807) is 12.1 Å². The summed E-state index contributed by atoms with van der Waals surface area (Å²) in [4.78, 5) is 24.5. The van der Waals surface area contributed by atoms with Crippen LogP contribution >= 0.6 is 15.9 Å². The van der Waals surface area contributed by atoms with Crippen LogP contribution in [0.4, 0.5) is 8.78 Å². The number of benzene rings is 3. The highest BCUT2D eigenvalue weighted by atomic mass is 79.9. The second-order valence-corrected chi connectivity index (χ2v) is 15.4. The third-order valence-electron chi connectivity index (χ3n) is 9.16. The Morgan fingerprint density at radius 2 is 1.59 bits per heavy atom. The molecule has 2 fully saturated rings. The number of aryl methyl sites for hydroxylation is 1. The zero-order chi connectivity index (χ0) is 33.4. The lowest BCUT2D eigenvalue weighted by Crippen LogP contribution is -2.41. The summed E-state index contributed by atoms with van der Waals surface area (Å²) in [6.45, 7) is 10.0. The predicted octanol–water partition coefficient (Wildman–Crippen LogP) is 5.34. The van der Waals surface area contributed by atoms with Gasteiger partial charge in [0.2, 0.25) is 0 Å². The SMILES string of the molecule is Cc1ccc(CC(=O)C2(c3ccc4c(c3)OC(F)(F)O4)CC2)cc1B1OC(C)(C)C(C)(C)O1.O=C1NS(=O)(=O)c2ccc(Br)cc21. The Kier molecular flexibility index (Phi) is 7.70. The summed E-state index contributed by atoms with van der Waals surface area (Å²) in [5.74, 6) is -0.569. The molecule has 9 nitrogen and oxygen atoms in total. The van der Waals surface area contributed by atoms with Crippen LogP contribution in [0.5, 0.6) is 11.5 Å². The summed E-state index contributed by atoms with van der Waals surface area (Å²) in [5, 5.41) is 0. The summed E-state index contributed by atoms with van der Waals surface area (Å²) in [6, 6.07) is 15.0. The molecular formula is C32H31BBrF2NO8S. The number of hydrogen-bond acceptors (Lipinski definition) is 8. The van der Waals surface area contributed by atoms with Gasteiger partial charge in [0.25, 0.3) is 15.9 Å². The van der Waals surface area contributed by atoms with Gasteiger partial charge in [-0.3, -0.25) is 9.59 Å². The maximum absolute atomic E-state index is 13.4. The molecule has 3 aromatic carbocycles. The largest absolute Gasteiger partial charge is 0.586 e. The number of ether oxygens (including phenoxy) is 2. The van der Waals surface area contributed by atoms with Crippen LogP contribution in [0.15, 0.2) is 64.0 Å². The number of sulfonamides is 1.